The molecule has 0 aromatic carbocycles. The van der Waals surface area contributed by atoms with Gasteiger partial charge in [-0.15, -0.1) is 0 Å². The first kappa shape index (κ1) is 20.5. The van der Waals surface area contributed by atoms with Crippen LogP contribution in [0, 0.1) is 0 Å². The number of rotatable bonds is 15. The van der Waals surface area contributed by atoms with Crippen molar-refractivity contribution >= 4 is 0 Å². The van der Waals surface area contributed by atoms with Gasteiger partial charge in [-0.2, -0.15) is 0 Å². The van der Waals surface area contributed by atoms with Crippen molar-refractivity contribution in [1.29, 1.82) is 0 Å². The van der Waals surface area contributed by atoms with Crippen molar-refractivity contribution in [3.8, 4) is 0 Å². The molecule has 0 rings (SSSR count). The van der Waals surface area contributed by atoms with Crippen LogP contribution in [0.15, 0.2) is 11.8 Å². The topological polar surface area (TPSA) is 66.5 Å². The minimum absolute atomic E-state index is 0.0731. The molecule has 0 aliphatic carbocycles. The van der Waals surface area contributed by atoms with E-state index in [9.17, 15) is 5.11 Å². The summed E-state index contributed by atoms with van der Waals surface area (Å²) in [5, 5.41) is 18.4. The zero-order valence-electron chi connectivity index (χ0n) is 14.0. The number of hydrogen-bond acceptors (Lipinski definition) is 3. The maximum atomic E-state index is 9.58. The molecule has 1 atom stereocenters. The zero-order valence-corrected chi connectivity index (χ0v) is 14.0. The van der Waals surface area contributed by atoms with Crippen LogP contribution in [0.4, 0.5) is 0 Å². The van der Waals surface area contributed by atoms with Crippen LogP contribution in [0.25, 0.3) is 0 Å². The number of allylic oxidation sites excluding steroid dienone is 1. The second-order valence-corrected chi connectivity index (χ2v) is 6.17. The maximum absolute atomic E-state index is 9.58. The number of aliphatic hydroxyl groups excluding tert-OH is 2. The third kappa shape index (κ3) is 15.7. The molecule has 3 heteroatoms. The molecule has 0 aromatic heterocycles. The normalized spacial score (nSPS) is 13.6. The van der Waals surface area contributed by atoms with Gasteiger partial charge in [0.25, 0.3) is 0 Å². The minimum atomic E-state index is -0.335. The van der Waals surface area contributed by atoms with E-state index in [4.69, 9.17) is 10.8 Å². The van der Waals surface area contributed by atoms with Gasteiger partial charge in [0.15, 0.2) is 0 Å². The van der Waals surface area contributed by atoms with Gasteiger partial charge in [-0.1, -0.05) is 71.1 Å². The van der Waals surface area contributed by atoms with Crippen molar-refractivity contribution in [2.24, 2.45) is 5.73 Å². The highest BCUT2D eigenvalue weighted by Gasteiger charge is 2.02. The van der Waals surface area contributed by atoms with Crippen molar-refractivity contribution in [3.05, 3.63) is 11.8 Å². The first-order valence-corrected chi connectivity index (χ1v) is 8.95. The summed E-state index contributed by atoms with van der Waals surface area (Å²) in [6.45, 7) is 2.19. The molecule has 0 saturated carbocycles. The standard InChI is InChI=1S/C18H37NO2/c1-2-3-4-5-6-7-8-9-10-11-12-13-14-18(21)15-17(19)16-20/h14,17,20-21H,2-13,15-16,19H2,1H3/b18-14+. The highest BCUT2D eigenvalue weighted by atomic mass is 16.3. The molecule has 3 nitrogen and oxygen atoms in total. The summed E-state index contributed by atoms with van der Waals surface area (Å²) < 4.78 is 0. The first-order valence-electron chi connectivity index (χ1n) is 8.95. The van der Waals surface area contributed by atoms with Crippen LogP contribution >= 0.6 is 0 Å². The molecule has 21 heavy (non-hydrogen) atoms. The third-order valence-corrected chi connectivity index (χ3v) is 3.89. The summed E-state index contributed by atoms with van der Waals surface area (Å²) in [4.78, 5) is 0. The number of unbranched alkanes of at least 4 members (excludes halogenated alkanes) is 11. The van der Waals surface area contributed by atoms with E-state index in [0.717, 1.165) is 12.8 Å². The van der Waals surface area contributed by atoms with Crippen LogP contribution in [0.5, 0.6) is 0 Å². The highest BCUT2D eigenvalue weighted by Crippen LogP contribution is 2.12. The lowest BCUT2D eigenvalue weighted by atomic mass is 10.0. The molecule has 1 unspecified atom stereocenters. The predicted octanol–water partition coefficient (Wildman–Crippen LogP) is 4.84. The Morgan fingerprint density at radius 3 is 1.86 bits per heavy atom. The van der Waals surface area contributed by atoms with E-state index in [2.05, 4.69) is 6.92 Å². The Balaban J connectivity index is 3.23. The van der Waals surface area contributed by atoms with E-state index in [1.807, 2.05) is 6.08 Å². The van der Waals surface area contributed by atoms with Crippen LogP contribution in [0.2, 0.25) is 0 Å². The average Bonchev–Trinajstić information content (AvgIpc) is 2.48. The molecule has 0 heterocycles. The van der Waals surface area contributed by atoms with Crippen LogP contribution < -0.4 is 5.73 Å². The van der Waals surface area contributed by atoms with E-state index in [-0.39, 0.29) is 12.6 Å². The monoisotopic (exact) mass is 299 g/mol. The molecule has 0 amide bonds. The molecule has 0 aliphatic rings. The summed E-state index contributed by atoms with van der Waals surface area (Å²) >= 11 is 0. The van der Waals surface area contributed by atoms with Gasteiger partial charge in [0.2, 0.25) is 0 Å². The number of aliphatic hydroxyl groups is 2. The van der Waals surface area contributed by atoms with Gasteiger partial charge >= 0.3 is 0 Å². The van der Waals surface area contributed by atoms with Crippen molar-refractivity contribution in [1.82, 2.24) is 0 Å². The molecule has 0 spiro atoms. The van der Waals surface area contributed by atoms with Crippen molar-refractivity contribution in [2.75, 3.05) is 6.61 Å². The Kier molecular flexibility index (Phi) is 15.4. The molecular weight excluding hydrogens is 262 g/mol. The van der Waals surface area contributed by atoms with Gasteiger partial charge in [-0.05, 0) is 18.9 Å². The van der Waals surface area contributed by atoms with Gasteiger partial charge in [-0.3, -0.25) is 0 Å². The average molecular weight is 299 g/mol. The van der Waals surface area contributed by atoms with E-state index in [1.165, 1.54) is 64.2 Å². The van der Waals surface area contributed by atoms with Crippen molar-refractivity contribution < 1.29 is 10.2 Å². The summed E-state index contributed by atoms with van der Waals surface area (Å²) in [5.74, 6) is 0.323. The molecule has 0 aromatic rings. The first-order chi connectivity index (χ1) is 10.2. The third-order valence-electron chi connectivity index (χ3n) is 3.89. The molecular formula is C18H37NO2. The second-order valence-electron chi connectivity index (χ2n) is 6.17. The molecule has 0 bridgehead atoms. The lowest BCUT2D eigenvalue weighted by molar-refractivity contribution is 0.251. The molecule has 0 aliphatic heterocycles. The number of hydrogen-bond donors (Lipinski definition) is 3. The van der Waals surface area contributed by atoms with Gasteiger partial charge in [0, 0.05) is 12.5 Å². The summed E-state index contributed by atoms with van der Waals surface area (Å²) in [5.41, 5.74) is 5.56. The fourth-order valence-corrected chi connectivity index (χ4v) is 2.49. The van der Waals surface area contributed by atoms with Gasteiger partial charge in [-0.25, -0.2) is 0 Å². The van der Waals surface area contributed by atoms with E-state index in [1.54, 1.807) is 0 Å². The molecule has 0 saturated heterocycles. The van der Waals surface area contributed by atoms with E-state index < -0.39 is 0 Å². The molecule has 126 valence electrons. The van der Waals surface area contributed by atoms with E-state index in [0.29, 0.717) is 12.2 Å². The highest BCUT2D eigenvalue weighted by molar-refractivity contribution is 4.93. The molecule has 0 fully saturated rings. The SMILES string of the molecule is CCCCCCCCCCCCC/C=C(/O)CC(N)CO. The van der Waals surface area contributed by atoms with Crippen molar-refractivity contribution in [2.45, 2.75) is 96.4 Å². The quantitative estimate of drug-likeness (QED) is 0.299. The van der Waals surface area contributed by atoms with Crippen molar-refractivity contribution in [3.63, 3.8) is 0 Å². The van der Waals surface area contributed by atoms with Crippen LogP contribution in [-0.4, -0.2) is 22.9 Å². The Bertz CT molecular complexity index is 241. The number of nitrogens with two attached hydrogens (primary N) is 1. The largest absolute Gasteiger partial charge is 0.513 e. The van der Waals surface area contributed by atoms with Gasteiger partial charge in [0.1, 0.15) is 0 Å². The van der Waals surface area contributed by atoms with E-state index >= 15 is 0 Å². The van der Waals surface area contributed by atoms with Crippen LogP contribution in [0.1, 0.15) is 90.4 Å². The van der Waals surface area contributed by atoms with Crippen LogP contribution in [0.3, 0.4) is 0 Å². The second kappa shape index (κ2) is 15.8. The minimum Gasteiger partial charge on any atom is -0.513 e. The van der Waals surface area contributed by atoms with Crippen LogP contribution in [-0.2, 0) is 0 Å². The van der Waals surface area contributed by atoms with Gasteiger partial charge < -0.3 is 15.9 Å². The maximum Gasteiger partial charge on any atom is 0.0899 e. The Morgan fingerprint density at radius 2 is 1.38 bits per heavy atom. The summed E-state index contributed by atoms with van der Waals surface area (Å²) in [6, 6.07) is -0.335. The lowest BCUT2D eigenvalue weighted by Crippen LogP contribution is -2.24. The Morgan fingerprint density at radius 1 is 0.905 bits per heavy atom. The Labute approximate surface area is 131 Å². The summed E-state index contributed by atoms with van der Waals surface area (Å²) in [7, 11) is 0. The molecule has 0 radical (unpaired) electrons. The fraction of sp³-hybridized carbons (Fsp3) is 0.889. The fourth-order valence-electron chi connectivity index (χ4n) is 2.49. The lowest BCUT2D eigenvalue weighted by Gasteiger charge is -2.06. The molecule has 4 N–H and O–H groups in total. The zero-order chi connectivity index (χ0) is 15.8. The predicted molar refractivity (Wildman–Crippen MR) is 91.5 cm³/mol. The van der Waals surface area contributed by atoms with Gasteiger partial charge in [0.05, 0.1) is 12.4 Å². The Hall–Kier alpha value is -0.540. The smallest absolute Gasteiger partial charge is 0.0899 e. The summed E-state index contributed by atoms with van der Waals surface area (Å²) in [6.07, 6.45) is 17.9.